The van der Waals surface area contributed by atoms with E-state index in [0.29, 0.717) is 24.2 Å². The minimum atomic E-state index is -0.882. The zero-order valence-electron chi connectivity index (χ0n) is 13.7. The summed E-state index contributed by atoms with van der Waals surface area (Å²) in [5.41, 5.74) is 2.81. The van der Waals surface area contributed by atoms with Crippen molar-refractivity contribution in [3.63, 3.8) is 0 Å². The zero-order chi connectivity index (χ0) is 18.0. The van der Waals surface area contributed by atoms with Crippen molar-refractivity contribution in [2.75, 3.05) is 18.4 Å². The summed E-state index contributed by atoms with van der Waals surface area (Å²) in [6.45, 7) is 2.47. The Morgan fingerprint density at radius 1 is 1.28 bits per heavy atom. The highest BCUT2D eigenvalue weighted by Gasteiger charge is 2.30. The lowest BCUT2D eigenvalue weighted by molar-refractivity contribution is -0.141. The normalized spacial score (nSPS) is 16.7. The molecule has 25 heavy (non-hydrogen) atoms. The summed E-state index contributed by atoms with van der Waals surface area (Å²) in [4.78, 5) is 28.7. The fourth-order valence-electron chi connectivity index (χ4n) is 2.85. The molecular formula is C18H18FN3O3. The Bertz CT molecular complexity index is 825. The fraction of sp³-hybridized carbons (Fsp3) is 0.278. The summed E-state index contributed by atoms with van der Waals surface area (Å²) in [6, 6.07) is 6.47. The molecule has 1 aromatic heterocycles. The Labute approximate surface area is 144 Å². The Hall–Kier alpha value is -2.96. The van der Waals surface area contributed by atoms with Gasteiger partial charge in [-0.1, -0.05) is 12.1 Å². The molecule has 2 amide bonds. The molecule has 0 spiro atoms. The van der Waals surface area contributed by atoms with E-state index in [-0.39, 0.29) is 12.6 Å². The standard InChI is InChI=1S/C18H18FN3O3/c1-11-2-3-12(14-6-15(19)9-20-8-14)7-16(11)21-18(25)22-5-4-13(10-22)17(23)24/h2-3,6-9,13H,4-5,10H2,1H3,(H,21,25)(H,23,24)/t13-/m0/s1. The average molecular weight is 343 g/mol. The van der Waals surface area contributed by atoms with E-state index in [1.54, 1.807) is 12.3 Å². The molecule has 0 aliphatic carbocycles. The highest BCUT2D eigenvalue weighted by molar-refractivity contribution is 5.91. The number of amides is 2. The SMILES string of the molecule is Cc1ccc(-c2cncc(F)c2)cc1NC(=O)N1CC[C@H](C(=O)O)C1. The van der Waals surface area contributed by atoms with Gasteiger partial charge in [-0.15, -0.1) is 0 Å². The molecule has 1 saturated heterocycles. The molecule has 1 atom stereocenters. The van der Waals surface area contributed by atoms with Gasteiger partial charge in [0.15, 0.2) is 0 Å². The van der Waals surface area contributed by atoms with Crippen LogP contribution in [0.3, 0.4) is 0 Å². The third-order valence-electron chi connectivity index (χ3n) is 4.34. The number of rotatable bonds is 3. The van der Waals surface area contributed by atoms with E-state index >= 15 is 0 Å². The lowest BCUT2D eigenvalue weighted by atomic mass is 10.0. The molecule has 1 aliphatic heterocycles. The van der Waals surface area contributed by atoms with Crippen LogP contribution in [0.4, 0.5) is 14.9 Å². The van der Waals surface area contributed by atoms with Crippen LogP contribution in [-0.2, 0) is 4.79 Å². The molecule has 2 N–H and O–H groups in total. The molecular weight excluding hydrogens is 325 g/mol. The maximum Gasteiger partial charge on any atom is 0.321 e. The molecule has 0 unspecified atom stereocenters. The summed E-state index contributed by atoms with van der Waals surface area (Å²) in [7, 11) is 0. The molecule has 0 bridgehead atoms. The number of benzene rings is 1. The molecule has 3 rings (SSSR count). The third kappa shape index (κ3) is 3.76. The van der Waals surface area contributed by atoms with Gasteiger partial charge in [0.05, 0.1) is 12.1 Å². The van der Waals surface area contributed by atoms with Gasteiger partial charge in [-0.25, -0.2) is 9.18 Å². The highest BCUT2D eigenvalue weighted by Crippen LogP contribution is 2.26. The number of pyridine rings is 1. The second kappa shape index (κ2) is 6.88. The van der Waals surface area contributed by atoms with Gasteiger partial charge in [0, 0.05) is 30.5 Å². The molecule has 6 nitrogen and oxygen atoms in total. The van der Waals surface area contributed by atoms with Gasteiger partial charge >= 0.3 is 12.0 Å². The number of aryl methyl sites for hydroxylation is 1. The monoisotopic (exact) mass is 343 g/mol. The molecule has 7 heteroatoms. The van der Waals surface area contributed by atoms with Gasteiger partial charge in [0.25, 0.3) is 0 Å². The first-order chi connectivity index (χ1) is 11.9. The number of hydrogen-bond acceptors (Lipinski definition) is 3. The number of nitrogens with zero attached hydrogens (tertiary/aromatic N) is 2. The Balaban J connectivity index is 1.77. The van der Waals surface area contributed by atoms with Crippen LogP contribution in [0.25, 0.3) is 11.1 Å². The van der Waals surface area contributed by atoms with Crippen LogP contribution in [0.1, 0.15) is 12.0 Å². The van der Waals surface area contributed by atoms with Crippen LogP contribution in [0.15, 0.2) is 36.7 Å². The Morgan fingerprint density at radius 3 is 2.76 bits per heavy atom. The van der Waals surface area contributed by atoms with E-state index in [1.165, 1.54) is 11.0 Å². The van der Waals surface area contributed by atoms with Crippen LogP contribution in [0, 0.1) is 18.7 Å². The van der Waals surface area contributed by atoms with E-state index in [0.717, 1.165) is 17.3 Å². The minimum Gasteiger partial charge on any atom is -0.481 e. The predicted octanol–water partition coefficient (Wildman–Crippen LogP) is 3.13. The van der Waals surface area contributed by atoms with Crippen molar-refractivity contribution in [2.45, 2.75) is 13.3 Å². The Kier molecular flexibility index (Phi) is 4.65. The van der Waals surface area contributed by atoms with Crippen LogP contribution in [0.2, 0.25) is 0 Å². The van der Waals surface area contributed by atoms with Crippen molar-refractivity contribution in [2.24, 2.45) is 5.92 Å². The van der Waals surface area contributed by atoms with Crippen LogP contribution >= 0.6 is 0 Å². The van der Waals surface area contributed by atoms with E-state index in [1.807, 2.05) is 19.1 Å². The van der Waals surface area contributed by atoms with E-state index in [4.69, 9.17) is 5.11 Å². The first-order valence-corrected chi connectivity index (χ1v) is 7.94. The Morgan fingerprint density at radius 2 is 2.08 bits per heavy atom. The molecule has 0 radical (unpaired) electrons. The summed E-state index contributed by atoms with van der Waals surface area (Å²) in [5, 5.41) is 11.9. The van der Waals surface area contributed by atoms with Crippen molar-refractivity contribution in [3.8, 4) is 11.1 Å². The number of hydrogen-bond donors (Lipinski definition) is 2. The maximum atomic E-state index is 13.4. The number of anilines is 1. The molecule has 1 aliphatic rings. The number of halogens is 1. The van der Waals surface area contributed by atoms with Gasteiger partial charge in [-0.2, -0.15) is 0 Å². The van der Waals surface area contributed by atoms with E-state index in [9.17, 15) is 14.0 Å². The molecule has 2 heterocycles. The van der Waals surface area contributed by atoms with Gasteiger partial charge in [-0.3, -0.25) is 9.78 Å². The lowest BCUT2D eigenvalue weighted by Gasteiger charge is -2.18. The summed E-state index contributed by atoms with van der Waals surface area (Å²) >= 11 is 0. The average Bonchev–Trinajstić information content (AvgIpc) is 3.07. The van der Waals surface area contributed by atoms with Gasteiger partial charge in [0.2, 0.25) is 0 Å². The van der Waals surface area contributed by atoms with E-state index in [2.05, 4.69) is 10.3 Å². The second-order valence-electron chi connectivity index (χ2n) is 6.12. The molecule has 1 fully saturated rings. The number of aromatic nitrogens is 1. The van der Waals surface area contributed by atoms with Crippen LogP contribution in [-0.4, -0.2) is 40.1 Å². The summed E-state index contributed by atoms with van der Waals surface area (Å²) < 4.78 is 13.4. The number of aliphatic carboxylic acids is 1. The third-order valence-corrected chi connectivity index (χ3v) is 4.34. The maximum absolute atomic E-state index is 13.4. The molecule has 130 valence electrons. The number of nitrogens with one attached hydrogen (secondary N) is 1. The highest BCUT2D eigenvalue weighted by atomic mass is 19.1. The largest absolute Gasteiger partial charge is 0.481 e. The smallest absolute Gasteiger partial charge is 0.321 e. The number of carboxylic acid groups (broad SMARTS) is 1. The topological polar surface area (TPSA) is 82.5 Å². The van der Waals surface area contributed by atoms with Crippen molar-refractivity contribution in [1.82, 2.24) is 9.88 Å². The first kappa shape index (κ1) is 16.9. The van der Waals surface area contributed by atoms with Crippen molar-refractivity contribution < 1.29 is 19.1 Å². The van der Waals surface area contributed by atoms with Crippen molar-refractivity contribution in [1.29, 1.82) is 0 Å². The summed E-state index contributed by atoms with van der Waals surface area (Å²) in [5.74, 6) is -1.83. The predicted molar refractivity (Wildman–Crippen MR) is 90.7 cm³/mol. The summed E-state index contributed by atoms with van der Waals surface area (Å²) in [6.07, 6.45) is 3.14. The molecule has 1 aromatic carbocycles. The zero-order valence-corrected chi connectivity index (χ0v) is 13.7. The molecule has 2 aromatic rings. The number of likely N-dealkylation sites (tertiary alicyclic amines) is 1. The fourth-order valence-corrected chi connectivity index (χ4v) is 2.85. The minimum absolute atomic E-state index is 0.202. The number of carboxylic acids is 1. The number of carbonyl (C=O) groups excluding carboxylic acids is 1. The van der Waals surface area contributed by atoms with Crippen LogP contribution in [0.5, 0.6) is 0 Å². The van der Waals surface area contributed by atoms with Gasteiger partial charge in [0.1, 0.15) is 5.82 Å². The van der Waals surface area contributed by atoms with Gasteiger partial charge < -0.3 is 15.3 Å². The number of urea groups is 1. The lowest BCUT2D eigenvalue weighted by Crippen LogP contribution is -2.34. The quantitative estimate of drug-likeness (QED) is 0.897. The van der Waals surface area contributed by atoms with Crippen molar-refractivity contribution >= 4 is 17.7 Å². The van der Waals surface area contributed by atoms with Crippen molar-refractivity contribution in [3.05, 3.63) is 48.0 Å². The second-order valence-corrected chi connectivity index (χ2v) is 6.12. The van der Waals surface area contributed by atoms with Gasteiger partial charge in [-0.05, 0) is 36.6 Å². The number of carbonyl (C=O) groups is 2. The first-order valence-electron chi connectivity index (χ1n) is 7.94. The molecule has 0 saturated carbocycles. The van der Waals surface area contributed by atoms with Crippen LogP contribution < -0.4 is 5.32 Å². The van der Waals surface area contributed by atoms with E-state index < -0.39 is 17.7 Å².